The number of hydrogen-bond acceptors (Lipinski definition) is 18. The van der Waals surface area contributed by atoms with Crippen LogP contribution in [-0.4, -0.2) is 157 Å². The zero-order valence-corrected chi connectivity index (χ0v) is 57.4. The zero-order chi connectivity index (χ0) is 68.4. The van der Waals surface area contributed by atoms with E-state index in [1.165, 1.54) is 46.8 Å². The van der Waals surface area contributed by atoms with Crippen molar-refractivity contribution in [1.82, 2.24) is 61.2 Å². The summed E-state index contributed by atoms with van der Waals surface area (Å²) in [6.45, 7) is 20.1. The third-order valence-electron chi connectivity index (χ3n) is 15.4. The Kier molecular flexibility index (Phi) is 29.5. The molecule has 0 bridgehead atoms. The smallest absolute Gasteiger partial charge is 0.870 e. The maximum absolute atomic E-state index is 13.4. The second kappa shape index (κ2) is 34.1. The number of hydrazine groups is 2. The van der Waals surface area contributed by atoms with E-state index in [1.807, 2.05) is 0 Å². The van der Waals surface area contributed by atoms with Crippen molar-refractivity contribution in [2.75, 3.05) is 19.7 Å². The van der Waals surface area contributed by atoms with Crippen molar-refractivity contribution >= 4 is 116 Å². The van der Waals surface area contributed by atoms with Crippen LogP contribution in [0.1, 0.15) is 144 Å². The van der Waals surface area contributed by atoms with Crippen molar-refractivity contribution in [3.63, 3.8) is 0 Å². The molecule has 27 nitrogen and oxygen atoms in total. The molecule has 0 aliphatic carbocycles. The number of alkyl halides is 3. The average molecular weight is 1350 g/mol. The molecule has 0 radical (unpaired) electrons. The number of rotatable bonds is 21. The molecule has 4 aromatic rings. The normalized spacial score (nSPS) is 17.4. The molecule has 2 saturated heterocycles. The Labute approximate surface area is 566 Å². The molecule has 10 N–H and O–H groups in total. The number of carboxylic acids is 1. The molecule has 0 unspecified atom stereocenters. The zero-order valence-electron chi connectivity index (χ0n) is 55.1. The Bertz CT molecular complexity index is 3570. The van der Waals surface area contributed by atoms with Gasteiger partial charge in [-0.1, -0.05) is 98.9 Å². The molecule has 0 saturated carbocycles. The number of fused-ring (bicyclic) bond motifs is 2. The number of carboxylic acid groups (broad SMARTS) is 1. The summed E-state index contributed by atoms with van der Waals surface area (Å²) in [5.74, 6) is -4.76. The molecule has 2 aromatic heterocycles. The first-order valence-electron chi connectivity index (χ1n) is 29.8. The summed E-state index contributed by atoms with van der Waals surface area (Å²) in [5, 5.41) is 43.5. The van der Waals surface area contributed by atoms with E-state index in [9.17, 15) is 63.3 Å². The van der Waals surface area contributed by atoms with E-state index < -0.39 is 117 Å². The summed E-state index contributed by atoms with van der Waals surface area (Å²) in [7, 11) is 3.10. The molecular weight excluding hydrogens is 1270 g/mol. The summed E-state index contributed by atoms with van der Waals surface area (Å²) >= 11 is 16.9. The molecule has 4 heterocycles. The number of hydrogen-bond donors (Lipinski definition) is 9. The summed E-state index contributed by atoms with van der Waals surface area (Å²) in [6, 6.07) is 4.60. The number of ether oxygens (including phenoxy) is 1. The quantitative estimate of drug-likeness (QED) is 0.0321. The van der Waals surface area contributed by atoms with Crippen LogP contribution in [0.25, 0.3) is 34.0 Å². The molecule has 6 amide bonds. The third-order valence-corrected chi connectivity index (χ3v) is 15.7. The fourth-order valence-corrected chi connectivity index (χ4v) is 9.90. The predicted molar refractivity (Wildman–Crippen MR) is 346 cm³/mol. The SMILES string of the molecule is CC(C)[C@H](NC(=O)C(C)(C)/C=C/c1ccc2c(=O)n(C)c([C@@H](C)O)nc2c1)C(=O)N[C@@H](C)C(=O)N1CCC[C@@H](C(=O)O)N1.CC(C)[C@H](NC(=O)C(C)(C)/C=C/c1ccc2c(=O)n(C)c([C@@H](C)O)nc2c1)C(=O)N[C@@H](C)C(=O)N1CCC[C@@H](C(=O)OCC(Cl)(Cl)Cl)N1.[Li+].[OH-]. The van der Waals surface area contributed by atoms with Crippen LogP contribution >= 0.6 is 34.8 Å². The second-order valence-corrected chi connectivity index (χ2v) is 27.2. The summed E-state index contributed by atoms with van der Waals surface area (Å²) < 4.78 is 5.88. The Balaban J connectivity index is 0.000000478. The summed E-state index contributed by atoms with van der Waals surface area (Å²) in [5.41, 5.74) is 5.03. The monoisotopic (exact) mass is 1350 g/mol. The van der Waals surface area contributed by atoms with Gasteiger partial charge in [-0.25, -0.2) is 20.8 Å². The first-order chi connectivity index (χ1) is 42.2. The van der Waals surface area contributed by atoms with Gasteiger partial charge in [-0.3, -0.25) is 67.1 Å². The van der Waals surface area contributed by atoms with E-state index in [2.05, 4.69) is 42.1 Å². The fraction of sp³-hybridized carbons (Fsp3) is 0.548. The number of amides is 6. The fourth-order valence-electron chi connectivity index (χ4n) is 9.74. The van der Waals surface area contributed by atoms with Gasteiger partial charge < -0.3 is 46.8 Å². The average Bonchev–Trinajstić information content (AvgIpc) is 0.803. The number of aliphatic carboxylic acids is 1. The minimum absolute atomic E-state index is 0. The number of carbonyl (C=O) groups excluding carboxylic acids is 7. The van der Waals surface area contributed by atoms with Gasteiger partial charge in [-0.05, 0) is 128 Å². The number of aliphatic hydroxyl groups excluding tert-OH is 2. The van der Waals surface area contributed by atoms with Crippen LogP contribution in [0.5, 0.6) is 0 Å². The van der Waals surface area contributed by atoms with Crippen molar-refractivity contribution in [3.05, 3.63) is 92.0 Å². The van der Waals surface area contributed by atoms with Gasteiger partial charge in [0.05, 0.1) is 32.6 Å². The van der Waals surface area contributed by atoms with Crippen molar-refractivity contribution < 1.29 is 82.7 Å². The molecule has 6 rings (SSSR count). The number of nitrogens with one attached hydrogen (secondary N) is 6. The molecular formula is C62H86Cl3LiN12O15. The second-order valence-electron chi connectivity index (χ2n) is 24.7. The minimum Gasteiger partial charge on any atom is -0.870 e. The molecule has 2 fully saturated rings. The van der Waals surface area contributed by atoms with Crippen molar-refractivity contribution in [1.29, 1.82) is 0 Å². The maximum atomic E-state index is 13.4. The predicted octanol–water partition coefficient (Wildman–Crippen LogP) is 1.16. The van der Waals surface area contributed by atoms with E-state index in [-0.39, 0.29) is 58.9 Å². The van der Waals surface area contributed by atoms with Crippen LogP contribution in [0, 0.1) is 22.7 Å². The number of esters is 1. The van der Waals surface area contributed by atoms with Gasteiger partial charge in [0.25, 0.3) is 22.9 Å². The van der Waals surface area contributed by atoms with Crippen LogP contribution in [0.2, 0.25) is 0 Å². The van der Waals surface area contributed by atoms with E-state index in [4.69, 9.17) is 39.5 Å². The number of nitrogens with zero attached hydrogens (tertiary/aromatic N) is 6. The third kappa shape index (κ3) is 21.6. The number of halogens is 3. The Hall–Kier alpha value is -6.77. The van der Waals surface area contributed by atoms with Crippen molar-refractivity contribution in [2.45, 2.75) is 161 Å². The molecule has 2 aliphatic rings. The van der Waals surface area contributed by atoms with E-state index in [1.54, 1.807) is 130 Å². The molecule has 2 aliphatic heterocycles. The van der Waals surface area contributed by atoms with E-state index >= 15 is 0 Å². The van der Waals surface area contributed by atoms with Crippen LogP contribution < -0.4 is 62.1 Å². The summed E-state index contributed by atoms with van der Waals surface area (Å²) in [6.07, 6.45) is 6.75. The topological polar surface area (TPSA) is 385 Å². The molecule has 2 aromatic carbocycles. The molecule has 93 heavy (non-hydrogen) atoms. The molecule has 0 spiro atoms. The van der Waals surface area contributed by atoms with Crippen LogP contribution in [0.4, 0.5) is 0 Å². The minimum atomic E-state index is -1.77. The van der Waals surface area contributed by atoms with Gasteiger partial charge >= 0.3 is 30.8 Å². The molecule has 506 valence electrons. The van der Waals surface area contributed by atoms with Gasteiger partial charge in [0.2, 0.25) is 27.4 Å². The van der Waals surface area contributed by atoms with Crippen molar-refractivity contribution in [2.24, 2.45) is 36.8 Å². The Morgan fingerprint density at radius 1 is 0.634 bits per heavy atom. The Morgan fingerprint density at radius 2 is 1.00 bits per heavy atom. The van der Waals surface area contributed by atoms with Crippen LogP contribution in [0.3, 0.4) is 0 Å². The first-order valence-corrected chi connectivity index (χ1v) is 31.0. The number of aromatic nitrogens is 4. The van der Waals surface area contributed by atoms with Gasteiger partial charge in [-0.2, -0.15) is 0 Å². The largest absolute Gasteiger partial charge is 1.00 e. The Morgan fingerprint density at radius 3 is 1.34 bits per heavy atom. The standard InChI is InChI=1S/C32H43Cl3N6O7.C30H42N6O7.Li.H2O/c1-17(2)24(26(43)36-18(3)27(44)41-14-8-9-22(39-41)29(46)48-16-32(33,34)35)38-30(47)31(5,6)13-12-20-10-11-21-23(15-20)37-25(19(4)42)40(7)28(21)45;1-16(2)23(25(38)31-17(3)26(39)36-14-8-9-21(34-36)28(41)42)33-29(43)30(5,6)13-12-19-10-11-20-22(15-19)32-24(18(4)37)35(7)27(20)40;;/h10-13,15,17-19,22,24,39,42H,8-9,14,16H2,1-7H3,(H,36,43)(H,38,47);10-13,15-18,21,23,34,37H,8-9,14H2,1-7H3,(H,31,38)(H,33,43)(H,41,42);;1H2/q;;+1;/p-1/b2*13-12+;;/t18-,19+,22-,24-;17-,18+,21-,23-;;/m00../s1. The number of aliphatic hydroxyl groups is 2. The van der Waals surface area contributed by atoms with Crippen LogP contribution in [0.15, 0.2) is 58.1 Å². The van der Waals surface area contributed by atoms with Crippen molar-refractivity contribution in [3.8, 4) is 0 Å². The van der Waals surface area contributed by atoms with Crippen LogP contribution in [-0.2, 0) is 57.2 Å². The molecule has 8 atom stereocenters. The maximum Gasteiger partial charge on any atom is 1.00 e. The first kappa shape index (κ1) is 80.5. The van der Waals surface area contributed by atoms with E-state index in [0.29, 0.717) is 71.7 Å². The van der Waals surface area contributed by atoms with E-state index in [0.717, 1.165) is 0 Å². The molecule has 31 heteroatoms. The number of carbonyl (C=O) groups is 8. The van der Waals surface area contributed by atoms with Gasteiger partial charge in [0.1, 0.15) is 66.7 Å². The van der Waals surface area contributed by atoms with Gasteiger partial charge in [0.15, 0.2) is 0 Å². The van der Waals surface area contributed by atoms with Gasteiger partial charge in [0, 0.05) is 27.2 Å². The van der Waals surface area contributed by atoms with Gasteiger partial charge in [-0.15, -0.1) is 0 Å². The summed E-state index contributed by atoms with van der Waals surface area (Å²) in [4.78, 5) is 137. The number of benzene rings is 2.